The van der Waals surface area contributed by atoms with Gasteiger partial charge in [0.05, 0.1) is 12.5 Å². The number of amides is 1. The zero-order valence-electron chi connectivity index (χ0n) is 17.7. The average Bonchev–Trinajstić information content (AvgIpc) is 2.76. The first-order valence-electron chi connectivity index (χ1n) is 10.3. The minimum atomic E-state index is -0.267. The number of piperidine rings is 1. The second-order valence-corrected chi connectivity index (χ2v) is 7.35. The van der Waals surface area contributed by atoms with Gasteiger partial charge >= 0.3 is 0 Å². The molecule has 0 saturated carbocycles. The Morgan fingerprint density at radius 2 is 2.16 bits per heavy atom. The largest absolute Gasteiger partial charge is 0.369 e. The lowest BCUT2D eigenvalue weighted by atomic mass is 9.97. The predicted octanol–water partition coefficient (Wildman–Crippen LogP) is 2.80. The molecule has 1 unspecified atom stereocenters. The molecular weight excluding hydrogens is 510 g/mol. The van der Waals surface area contributed by atoms with Crippen LogP contribution in [-0.2, 0) is 17.9 Å². The molecule has 7 nitrogen and oxygen atoms in total. The molecule has 168 valence electrons. The highest BCUT2D eigenvalue weighted by atomic mass is 127. The number of nitrogens with zero attached hydrogens (tertiary/aromatic N) is 3. The molecule has 1 aromatic carbocycles. The van der Waals surface area contributed by atoms with Crippen LogP contribution in [0.2, 0.25) is 0 Å². The number of aliphatic imine (C=N–C) groups is 1. The first-order valence-corrected chi connectivity index (χ1v) is 10.3. The van der Waals surface area contributed by atoms with Crippen LogP contribution in [0.1, 0.15) is 30.9 Å². The van der Waals surface area contributed by atoms with Crippen LogP contribution in [0, 0.1) is 11.7 Å². The van der Waals surface area contributed by atoms with Gasteiger partial charge in [-0.15, -0.1) is 24.0 Å². The summed E-state index contributed by atoms with van der Waals surface area (Å²) in [6.45, 7) is 5.04. The van der Waals surface area contributed by atoms with E-state index in [-0.39, 0.29) is 41.6 Å². The van der Waals surface area contributed by atoms with Crippen LogP contribution < -0.4 is 21.3 Å². The molecule has 0 radical (unpaired) electrons. The third kappa shape index (κ3) is 7.34. The van der Waals surface area contributed by atoms with Crippen LogP contribution >= 0.6 is 24.0 Å². The van der Waals surface area contributed by atoms with E-state index in [0.29, 0.717) is 32.1 Å². The number of halogens is 2. The second-order valence-electron chi connectivity index (χ2n) is 7.35. The van der Waals surface area contributed by atoms with Crippen molar-refractivity contribution < 1.29 is 9.18 Å². The number of hydrogen-bond donors (Lipinski definition) is 3. The number of nitrogens with two attached hydrogens (primary N) is 1. The van der Waals surface area contributed by atoms with E-state index in [9.17, 15) is 9.18 Å². The first-order chi connectivity index (χ1) is 14.6. The highest BCUT2D eigenvalue weighted by Crippen LogP contribution is 2.24. The van der Waals surface area contributed by atoms with E-state index in [1.807, 2.05) is 25.1 Å². The van der Waals surface area contributed by atoms with Gasteiger partial charge in [-0.1, -0.05) is 18.2 Å². The fourth-order valence-corrected chi connectivity index (χ4v) is 3.58. The molecular formula is C22H30FIN6O. The van der Waals surface area contributed by atoms with Gasteiger partial charge in [0.2, 0.25) is 5.91 Å². The van der Waals surface area contributed by atoms with E-state index in [1.165, 1.54) is 12.1 Å². The lowest BCUT2D eigenvalue weighted by Crippen LogP contribution is -2.42. The number of carbonyl (C=O) groups is 1. The van der Waals surface area contributed by atoms with E-state index in [4.69, 9.17) is 5.73 Å². The normalized spacial score (nSPS) is 16.4. The number of primary amides is 1. The second kappa shape index (κ2) is 12.4. The zero-order chi connectivity index (χ0) is 21.3. The summed E-state index contributed by atoms with van der Waals surface area (Å²) in [6, 6.07) is 10.3. The molecule has 1 aliphatic rings. The van der Waals surface area contributed by atoms with Crippen molar-refractivity contribution in [2.45, 2.75) is 32.9 Å². The van der Waals surface area contributed by atoms with Crippen molar-refractivity contribution in [1.29, 1.82) is 0 Å². The molecule has 0 spiro atoms. The Bertz CT molecular complexity index is 894. The summed E-state index contributed by atoms with van der Waals surface area (Å²) in [4.78, 5) is 22.9. The summed E-state index contributed by atoms with van der Waals surface area (Å²) in [6.07, 6.45) is 3.49. The Hall–Kier alpha value is -2.43. The fourth-order valence-electron chi connectivity index (χ4n) is 3.58. The van der Waals surface area contributed by atoms with Gasteiger partial charge < -0.3 is 21.3 Å². The lowest BCUT2D eigenvalue weighted by molar-refractivity contribution is -0.122. The summed E-state index contributed by atoms with van der Waals surface area (Å²) in [7, 11) is 0. The number of hydrogen-bond acceptors (Lipinski definition) is 4. The third-order valence-electron chi connectivity index (χ3n) is 5.09. The average molecular weight is 540 g/mol. The molecule has 31 heavy (non-hydrogen) atoms. The summed E-state index contributed by atoms with van der Waals surface area (Å²) < 4.78 is 13.4. The van der Waals surface area contributed by atoms with Gasteiger partial charge in [0.15, 0.2) is 5.96 Å². The van der Waals surface area contributed by atoms with Crippen molar-refractivity contribution in [3.63, 3.8) is 0 Å². The topological polar surface area (TPSA) is 95.6 Å². The van der Waals surface area contributed by atoms with Crippen LogP contribution in [0.3, 0.4) is 0 Å². The lowest BCUT2D eigenvalue weighted by Gasteiger charge is -2.33. The van der Waals surface area contributed by atoms with E-state index in [0.717, 1.165) is 36.3 Å². The van der Waals surface area contributed by atoms with Gasteiger partial charge in [-0.25, -0.2) is 14.4 Å². The number of guanidine groups is 1. The Kier molecular flexibility index (Phi) is 9.96. The number of nitrogens with one attached hydrogen (secondary N) is 2. The number of rotatable bonds is 7. The van der Waals surface area contributed by atoms with Gasteiger partial charge in [-0.05, 0) is 43.5 Å². The SMILES string of the molecule is CCNC(=NCc1cccc(F)c1)NCc1cccnc1N1CCCC(C(N)=O)C1.I. The smallest absolute Gasteiger partial charge is 0.222 e. The third-order valence-corrected chi connectivity index (χ3v) is 5.09. The highest BCUT2D eigenvalue weighted by molar-refractivity contribution is 14.0. The molecule has 4 N–H and O–H groups in total. The molecule has 0 bridgehead atoms. The maximum atomic E-state index is 13.4. The summed E-state index contributed by atoms with van der Waals surface area (Å²) >= 11 is 0. The van der Waals surface area contributed by atoms with E-state index >= 15 is 0 Å². The van der Waals surface area contributed by atoms with Gasteiger partial charge in [0.1, 0.15) is 11.6 Å². The summed E-state index contributed by atoms with van der Waals surface area (Å²) in [5.74, 6) is 0.833. The van der Waals surface area contributed by atoms with Crippen molar-refractivity contribution in [3.8, 4) is 0 Å². The molecule has 1 aliphatic heterocycles. The minimum Gasteiger partial charge on any atom is -0.369 e. The van der Waals surface area contributed by atoms with Gasteiger partial charge in [-0.2, -0.15) is 0 Å². The molecule has 1 saturated heterocycles. The van der Waals surface area contributed by atoms with Crippen molar-refractivity contribution >= 4 is 41.7 Å². The van der Waals surface area contributed by atoms with Crippen LogP contribution in [0.25, 0.3) is 0 Å². The molecule has 1 amide bonds. The van der Waals surface area contributed by atoms with Gasteiger partial charge in [0.25, 0.3) is 0 Å². The molecule has 1 aromatic heterocycles. The minimum absolute atomic E-state index is 0. The van der Waals surface area contributed by atoms with E-state index < -0.39 is 0 Å². The number of carbonyl (C=O) groups excluding carboxylic acids is 1. The monoisotopic (exact) mass is 540 g/mol. The van der Waals surface area contributed by atoms with E-state index in [1.54, 1.807) is 12.3 Å². The number of pyridine rings is 1. The van der Waals surface area contributed by atoms with Crippen molar-refractivity contribution in [2.24, 2.45) is 16.6 Å². The number of aromatic nitrogens is 1. The molecule has 0 aliphatic carbocycles. The number of anilines is 1. The van der Waals surface area contributed by atoms with Crippen LogP contribution in [-0.4, -0.2) is 36.5 Å². The molecule has 2 aromatic rings. The fraction of sp³-hybridized carbons (Fsp3) is 0.409. The Morgan fingerprint density at radius 3 is 2.90 bits per heavy atom. The van der Waals surface area contributed by atoms with Crippen molar-refractivity contribution in [1.82, 2.24) is 15.6 Å². The predicted molar refractivity (Wildman–Crippen MR) is 132 cm³/mol. The number of benzene rings is 1. The molecule has 2 heterocycles. The molecule has 9 heteroatoms. The summed E-state index contributed by atoms with van der Waals surface area (Å²) in [5.41, 5.74) is 7.34. The van der Waals surface area contributed by atoms with E-state index in [2.05, 4.69) is 25.5 Å². The van der Waals surface area contributed by atoms with Crippen LogP contribution in [0.5, 0.6) is 0 Å². The highest BCUT2D eigenvalue weighted by Gasteiger charge is 2.25. The van der Waals surface area contributed by atoms with Crippen LogP contribution in [0.15, 0.2) is 47.6 Å². The van der Waals surface area contributed by atoms with Gasteiger partial charge in [0, 0.05) is 37.9 Å². The van der Waals surface area contributed by atoms with Crippen LogP contribution in [0.4, 0.5) is 10.2 Å². The molecule has 3 rings (SSSR count). The maximum absolute atomic E-state index is 13.4. The maximum Gasteiger partial charge on any atom is 0.222 e. The molecule has 1 atom stereocenters. The Labute approximate surface area is 199 Å². The van der Waals surface area contributed by atoms with Gasteiger partial charge in [-0.3, -0.25) is 4.79 Å². The zero-order valence-corrected chi connectivity index (χ0v) is 20.0. The summed E-state index contributed by atoms with van der Waals surface area (Å²) in [5, 5.41) is 6.53. The molecule has 1 fully saturated rings. The Balaban J connectivity index is 0.00000341. The Morgan fingerprint density at radius 1 is 1.32 bits per heavy atom. The first kappa shape index (κ1) is 24.8. The van der Waals surface area contributed by atoms with Crippen molar-refractivity contribution in [2.75, 3.05) is 24.5 Å². The quantitative estimate of drug-likeness (QED) is 0.285. The van der Waals surface area contributed by atoms with Crippen molar-refractivity contribution in [3.05, 3.63) is 59.5 Å². The standard InChI is InChI=1S/C22H29FN6O.HI/c1-2-25-22(27-13-16-6-3-9-19(23)12-16)28-14-17-7-4-10-26-21(17)29-11-5-8-18(15-29)20(24)30;/h3-4,6-7,9-10,12,18H,2,5,8,11,13-15H2,1H3,(H2,24,30)(H2,25,27,28);1H.